The first-order valence-electron chi connectivity index (χ1n) is 8.01. The zero-order valence-corrected chi connectivity index (χ0v) is 18.9. The average Bonchev–Trinajstić information content (AvgIpc) is 3.15. The average molecular weight is 521 g/mol. The van der Waals surface area contributed by atoms with Gasteiger partial charge in [-0.1, -0.05) is 0 Å². The van der Waals surface area contributed by atoms with E-state index in [1.165, 1.54) is 52.2 Å². The summed E-state index contributed by atoms with van der Waals surface area (Å²) < 4.78 is 0.626. The number of hydrogen-bond acceptors (Lipinski definition) is 0. The molecule has 0 heterocycles. The summed E-state index contributed by atoms with van der Waals surface area (Å²) in [6.07, 6.45) is 7.89. The molecule has 1 unspecified atom stereocenters. The Morgan fingerprint density at radius 2 is 1.75 bits per heavy atom. The van der Waals surface area contributed by atoms with Crippen molar-refractivity contribution in [2.75, 3.05) is 0 Å². The molecule has 0 saturated heterocycles. The van der Waals surface area contributed by atoms with Crippen LogP contribution in [0.2, 0.25) is 0 Å². The van der Waals surface area contributed by atoms with Crippen LogP contribution >= 0.6 is 0 Å². The minimum absolute atomic E-state index is 0. The number of fused-ring (bicyclic) bond motifs is 3. The molecule has 0 radical (unpaired) electrons. The Morgan fingerprint density at radius 1 is 1.00 bits per heavy atom. The Labute approximate surface area is 171 Å². The normalized spacial score (nSPS) is 17.0. The molecule has 0 aliphatic heterocycles. The number of rotatable bonds is 2. The van der Waals surface area contributed by atoms with Crippen molar-refractivity contribution in [1.29, 1.82) is 0 Å². The van der Waals surface area contributed by atoms with Gasteiger partial charge in [0.1, 0.15) is 0 Å². The summed E-state index contributed by atoms with van der Waals surface area (Å²) in [6, 6.07) is 13.7. The van der Waals surface area contributed by atoms with Crippen LogP contribution in [0.3, 0.4) is 0 Å². The maximum Gasteiger partial charge on any atom is -1.00 e. The van der Waals surface area contributed by atoms with Crippen molar-refractivity contribution < 1.29 is 49.2 Å². The van der Waals surface area contributed by atoms with Crippen LogP contribution in [-0.4, -0.2) is 0 Å². The molecule has 0 bridgehead atoms. The van der Waals surface area contributed by atoms with Gasteiger partial charge in [0.05, 0.1) is 0 Å². The monoisotopic (exact) mass is 521 g/mol. The van der Waals surface area contributed by atoms with E-state index in [9.17, 15) is 0 Å². The molecule has 0 N–H and O–H groups in total. The van der Waals surface area contributed by atoms with Crippen LogP contribution in [0.5, 0.6) is 0 Å². The molecule has 121 valence electrons. The van der Waals surface area contributed by atoms with E-state index in [2.05, 4.69) is 68.5 Å². The number of hydrogen-bond donors (Lipinski definition) is 0. The minimum atomic E-state index is 0. The van der Waals surface area contributed by atoms with Crippen molar-refractivity contribution in [2.45, 2.75) is 29.9 Å². The van der Waals surface area contributed by atoms with Crippen molar-refractivity contribution in [3.63, 3.8) is 0 Å². The largest absolute Gasteiger partial charge is 1.00 e. The van der Waals surface area contributed by atoms with E-state index in [4.69, 9.17) is 0 Å². The van der Waals surface area contributed by atoms with Gasteiger partial charge in [0, 0.05) is 0 Å². The Morgan fingerprint density at radius 3 is 2.42 bits per heavy atom. The summed E-state index contributed by atoms with van der Waals surface area (Å²) in [5.41, 5.74) is 10.7. The van der Waals surface area contributed by atoms with Gasteiger partial charge in [0.2, 0.25) is 0 Å². The quantitative estimate of drug-likeness (QED) is 0.481. The van der Waals surface area contributed by atoms with E-state index >= 15 is 0 Å². The van der Waals surface area contributed by atoms with E-state index in [1.807, 2.05) is 0 Å². The van der Waals surface area contributed by atoms with Crippen LogP contribution in [0.25, 0.3) is 16.7 Å². The fraction of sp³-hybridized carbons (Fsp3) is 0.238. The van der Waals surface area contributed by atoms with Crippen molar-refractivity contribution in [3.05, 3.63) is 76.9 Å². The molecule has 3 heteroatoms. The smallest absolute Gasteiger partial charge is 1.00 e. The Hall–Kier alpha value is -0.630. The van der Waals surface area contributed by atoms with E-state index in [1.54, 1.807) is 11.1 Å². The molecule has 2 aliphatic rings. The summed E-state index contributed by atoms with van der Waals surface area (Å²) in [5, 5.41) is 0. The van der Waals surface area contributed by atoms with Gasteiger partial charge >= 0.3 is 148 Å². The van der Waals surface area contributed by atoms with E-state index in [0.717, 1.165) is 6.42 Å². The zero-order chi connectivity index (χ0) is 15.3. The molecule has 2 aliphatic carbocycles. The second kappa shape index (κ2) is 7.72. The molecular formula is C21H19Cl2Hf. The van der Waals surface area contributed by atoms with Gasteiger partial charge in [-0.3, -0.25) is 0 Å². The fourth-order valence-corrected chi connectivity index (χ4v) is 5.77. The van der Waals surface area contributed by atoms with Crippen molar-refractivity contribution >= 4 is 5.57 Å². The Balaban J connectivity index is 0.00000104. The second-order valence-corrected chi connectivity index (χ2v) is 8.56. The standard InChI is InChI=1S/C21H19.2ClH.Hf/c1-14(2)17-11-12-19-18-10-6-5-9-16(18)13-20(19)21(17)15-7-3-4-8-15;;;/h3-7,9-14H,8H2,1-2H3;2*1H;/q;;;+2/p-2. The van der Waals surface area contributed by atoms with Crippen LogP contribution < -0.4 is 24.8 Å². The zero-order valence-electron chi connectivity index (χ0n) is 13.8. The summed E-state index contributed by atoms with van der Waals surface area (Å²) >= 11 is 1.17. The maximum atomic E-state index is 2.37. The third-order valence-corrected chi connectivity index (χ3v) is 7.00. The molecule has 0 spiro atoms. The van der Waals surface area contributed by atoms with E-state index in [-0.39, 0.29) is 24.8 Å². The molecule has 0 fully saturated rings. The molecule has 2 aromatic carbocycles. The first kappa shape index (κ1) is 19.7. The van der Waals surface area contributed by atoms with Crippen LogP contribution in [-0.2, 0) is 24.4 Å². The Kier molecular flexibility index (Phi) is 6.34. The predicted octanol–water partition coefficient (Wildman–Crippen LogP) is -0.222. The SMILES string of the molecule is CC(C)c1ccc2c(c1C1=CC=CC1)[CH]([Hf+2])c1ccccc1-2.[Cl-].[Cl-]. The van der Waals surface area contributed by atoms with Gasteiger partial charge in [-0.05, 0) is 0 Å². The topological polar surface area (TPSA) is 0 Å². The van der Waals surface area contributed by atoms with Crippen LogP contribution in [0.15, 0.2) is 54.6 Å². The molecule has 24 heavy (non-hydrogen) atoms. The second-order valence-electron chi connectivity index (χ2n) is 6.49. The van der Waals surface area contributed by atoms with Crippen molar-refractivity contribution in [3.8, 4) is 11.1 Å². The summed E-state index contributed by atoms with van der Waals surface area (Å²) in [4.78, 5) is 0. The molecule has 4 rings (SSSR count). The summed E-state index contributed by atoms with van der Waals surface area (Å²) in [6.45, 7) is 4.64. The molecule has 0 saturated carbocycles. The molecule has 1 atom stereocenters. The predicted molar refractivity (Wildman–Crippen MR) is 89.5 cm³/mol. The van der Waals surface area contributed by atoms with Crippen molar-refractivity contribution in [1.82, 2.24) is 0 Å². The van der Waals surface area contributed by atoms with E-state index in [0.29, 0.717) is 9.59 Å². The van der Waals surface area contributed by atoms with Gasteiger partial charge in [0.15, 0.2) is 0 Å². The summed E-state index contributed by atoms with van der Waals surface area (Å²) in [7, 11) is 0. The van der Waals surface area contributed by atoms with Crippen LogP contribution in [0.1, 0.15) is 52.1 Å². The van der Waals surface area contributed by atoms with Gasteiger partial charge < -0.3 is 24.8 Å². The van der Waals surface area contributed by atoms with Crippen molar-refractivity contribution in [2.24, 2.45) is 0 Å². The van der Waals surface area contributed by atoms with Gasteiger partial charge in [-0.2, -0.15) is 0 Å². The maximum absolute atomic E-state index is 2.37. The minimum Gasteiger partial charge on any atom is -1.00 e. The molecular weight excluding hydrogens is 502 g/mol. The van der Waals surface area contributed by atoms with Crippen LogP contribution in [0, 0.1) is 0 Å². The first-order valence-corrected chi connectivity index (χ1v) is 10.1. The first-order chi connectivity index (χ1) is 10.7. The van der Waals surface area contributed by atoms with Gasteiger partial charge in [0.25, 0.3) is 0 Å². The fourth-order valence-electron chi connectivity index (χ4n) is 3.79. The third kappa shape index (κ3) is 3.00. The number of benzene rings is 2. The van der Waals surface area contributed by atoms with Crippen LogP contribution in [0.4, 0.5) is 0 Å². The van der Waals surface area contributed by atoms with E-state index < -0.39 is 0 Å². The summed E-state index contributed by atoms with van der Waals surface area (Å²) in [5.74, 6) is 0.569. The number of halogens is 2. The molecule has 2 aromatic rings. The molecule has 0 aromatic heterocycles. The van der Waals surface area contributed by atoms with Gasteiger partial charge in [-0.15, -0.1) is 0 Å². The van der Waals surface area contributed by atoms with Gasteiger partial charge in [-0.25, -0.2) is 0 Å². The molecule has 0 amide bonds. The third-order valence-electron chi connectivity index (χ3n) is 4.84. The number of allylic oxidation sites excluding steroid dienone is 4. The molecule has 0 nitrogen and oxygen atoms in total. The Bertz CT molecular complexity index is 819.